The van der Waals surface area contributed by atoms with Crippen molar-refractivity contribution in [2.75, 3.05) is 38.7 Å². The van der Waals surface area contributed by atoms with Gasteiger partial charge in [-0.2, -0.15) is 0 Å². The zero-order chi connectivity index (χ0) is 29.7. The van der Waals surface area contributed by atoms with E-state index in [4.69, 9.17) is 23.4 Å². The quantitative estimate of drug-likeness (QED) is 0.243. The van der Waals surface area contributed by atoms with Crippen molar-refractivity contribution in [3.05, 3.63) is 24.0 Å². The number of fused-ring (bicyclic) bond motifs is 5. The number of hydrogen-bond acceptors (Lipinski definition) is 13. The van der Waals surface area contributed by atoms with Gasteiger partial charge in [0.2, 0.25) is 12.0 Å². The maximum atomic E-state index is 12.2. The molecule has 1 aromatic heterocycles. The highest BCUT2D eigenvalue weighted by molar-refractivity contribution is 8.77. The first-order valence-electron chi connectivity index (χ1n) is 14.6. The topological polar surface area (TPSA) is 160 Å². The summed E-state index contributed by atoms with van der Waals surface area (Å²) in [5.41, 5.74) is -0.601. The van der Waals surface area contributed by atoms with Crippen LogP contribution >= 0.6 is 21.6 Å². The van der Waals surface area contributed by atoms with E-state index < -0.39 is 36.8 Å². The molecule has 0 radical (unpaired) electrons. The van der Waals surface area contributed by atoms with Gasteiger partial charge < -0.3 is 49.1 Å². The van der Waals surface area contributed by atoms with Gasteiger partial charge >= 0.3 is 5.97 Å². The number of aryl methyl sites for hydroxylation is 1. The maximum absolute atomic E-state index is 12.2. The van der Waals surface area contributed by atoms with Crippen LogP contribution in [0.4, 0.5) is 0 Å². The first kappa shape index (κ1) is 31.7. The van der Waals surface area contributed by atoms with Crippen LogP contribution in [0.5, 0.6) is 11.5 Å². The van der Waals surface area contributed by atoms with E-state index in [1.54, 1.807) is 23.8 Å². The summed E-state index contributed by atoms with van der Waals surface area (Å²) in [5, 5.41) is 47.8. The molecule has 0 amide bonds. The second-order valence-corrected chi connectivity index (χ2v) is 14.0. The predicted octanol–water partition coefficient (Wildman–Crippen LogP) is 2.54. The minimum absolute atomic E-state index is 0.0418. The summed E-state index contributed by atoms with van der Waals surface area (Å²) in [5.74, 6) is 0.229. The molecule has 11 nitrogen and oxygen atoms in total. The van der Waals surface area contributed by atoms with Gasteiger partial charge in [-0.25, -0.2) is 0 Å². The van der Waals surface area contributed by atoms with Crippen LogP contribution in [0.25, 0.3) is 11.0 Å². The fourth-order valence-electron chi connectivity index (χ4n) is 5.85. The molecule has 42 heavy (non-hydrogen) atoms. The molecule has 5 N–H and O–H groups in total. The summed E-state index contributed by atoms with van der Waals surface area (Å²) in [7, 11) is 3.20. The van der Waals surface area contributed by atoms with Crippen LogP contribution in [0.1, 0.15) is 51.0 Å². The lowest BCUT2D eigenvalue weighted by Crippen LogP contribution is -2.68. The van der Waals surface area contributed by atoms with Gasteiger partial charge in [-0.3, -0.25) is 4.79 Å². The van der Waals surface area contributed by atoms with Crippen LogP contribution in [0.3, 0.4) is 0 Å². The van der Waals surface area contributed by atoms with Gasteiger partial charge in [-0.15, -0.1) is 0 Å². The van der Waals surface area contributed by atoms with Crippen LogP contribution in [-0.4, -0.2) is 100 Å². The van der Waals surface area contributed by atoms with E-state index >= 15 is 0 Å². The molecule has 2 fully saturated rings. The first-order valence-corrected chi connectivity index (χ1v) is 17.0. The number of nitrogens with one attached hydrogen (secondary N) is 1. The Bertz CT molecular complexity index is 1200. The van der Waals surface area contributed by atoms with E-state index in [0.717, 1.165) is 37.6 Å². The molecule has 2 aromatic rings. The number of benzene rings is 1. The van der Waals surface area contributed by atoms with Crippen molar-refractivity contribution in [2.24, 2.45) is 0 Å². The first-order chi connectivity index (χ1) is 20.3. The highest BCUT2D eigenvalue weighted by Gasteiger charge is 2.55. The van der Waals surface area contributed by atoms with E-state index in [1.165, 1.54) is 23.5 Å². The van der Waals surface area contributed by atoms with E-state index in [1.807, 2.05) is 6.07 Å². The Morgan fingerprint density at radius 2 is 1.98 bits per heavy atom. The highest BCUT2D eigenvalue weighted by atomic mass is 33.1. The average Bonchev–Trinajstić information content (AvgIpc) is 3.46. The maximum Gasteiger partial charge on any atom is 0.306 e. The third-order valence-electron chi connectivity index (χ3n) is 8.25. The van der Waals surface area contributed by atoms with Crippen molar-refractivity contribution >= 4 is 38.5 Å². The SMILES string of the molecule is CCOC(=O)CCc1cc2ccoc2c2c1O[C@@H]1O[C@@](CO)(CSSC3(CCCCC3)CNCCO2)[C@@H](O)[C@H](O)[C@H]1O. The lowest BCUT2D eigenvalue weighted by Gasteiger charge is -2.47. The molecule has 1 saturated heterocycles. The Balaban J connectivity index is 1.53. The largest absolute Gasteiger partial charge is 0.485 e. The second-order valence-electron chi connectivity index (χ2n) is 11.2. The summed E-state index contributed by atoms with van der Waals surface area (Å²) in [6.45, 7) is 3.00. The fourth-order valence-corrected chi connectivity index (χ4v) is 9.51. The number of ether oxygens (including phenoxy) is 4. The number of rotatable bonds is 5. The van der Waals surface area contributed by atoms with E-state index in [9.17, 15) is 25.2 Å². The van der Waals surface area contributed by atoms with Gasteiger partial charge in [-0.1, -0.05) is 40.9 Å². The van der Waals surface area contributed by atoms with Gasteiger partial charge in [0.05, 0.1) is 19.5 Å². The van der Waals surface area contributed by atoms with E-state index in [0.29, 0.717) is 17.7 Å². The van der Waals surface area contributed by atoms with Crippen LogP contribution in [-0.2, 0) is 20.7 Å². The third kappa shape index (κ3) is 6.68. The summed E-state index contributed by atoms with van der Waals surface area (Å²) in [6, 6.07) is 3.59. The number of carbonyl (C=O) groups excluding carboxylic acids is 1. The zero-order valence-electron chi connectivity index (χ0n) is 23.8. The molecular weight excluding hydrogens is 586 g/mol. The number of furan rings is 1. The molecular formula is C29H41NO10S2. The molecule has 3 aliphatic rings. The van der Waals surface area contributed by atoms with Crippen molar-refractivity contribution in [3.8, 4) is 11.5 Å². The summed E-state index contributed by atoms with van der Waals surface area (Å²) in [6.07, 6.45) is 0.999. The summed E-state index contributed by atoms with van der Waals surface area (Å²) in [4.78, 5) is 12.2. The molecule has 2 aliphatic heterocycles. The van der Waals surface area contributed by atoms with Crippen molar-refractivity contribution < 1.29 is 48.6 Å². The Morgan fingerprint density at radius 3 is 2.74 bits per heavy atom. The van der Waals surface area contributed by atoms with Crippen LogP contribution in [0.15, 0.2) is 22.8 Å². The third-order valence-corrected chi connectivity index (χ3v) is 11.7. The van der Waals surface area contributed by atoms with Gasteiger partial charge in [0.25, 0.3) is 0 Å². The van der Waals surface area contributed by atoms with Gasteiger partial charge in [0.15, 0.2) is 11.3 Å². The molecule has 1 aliphatic carbocycles. The highest BCUT2D eigenvalue weighted by Crippen LogP contribution is 2.48. The van der Waals surface area contributed by atoms with E-state index in [-0.39, 0.29) is 54.0 Å². The molecule has 1 aromatic carbocycles. The minimum Gasteiger partial charge on any atom is -0.485 e. The molecule has 3 heterocycles. The number of carbonyl (C=O) groups is 1. The lowest BCUT2D eigenvalue weighted by atomic mass is 9.88. The molecule has 13 heteroatoms. The molecule has 5 atom stereocenters. The molecule has 234 valence electrons. The number of hydrogen-bond donors (Lipinski definition) is 5. The van der Waals surface area contributed by atoms with Gasteiger partial charge in [0, 0.05) is 35.4 Å². The number of aliphatic hydroxyl groups excluding tert-OH is 4. The standard InChI is InChI=1S/C29H41NO10S2/c1-2-36-20(32)7-6-18-14-19-8-12-37-23(19)25-24(18)39-27-22(34)21(33)26(35)29(16-31,40-27)17-41-42-28(9-4-3-5-10-28)15-30-11-13-38-25/h8,12,14,21-22,26-27,30-31,33-35H,2-7,9-11,13,15-17H2,1H3/t21-,22-,26+,27-,29+/m1/s1. The Labute approximate surface area is 253 Å². The predicted molar refractivity (Wildman–Crippen MR) is 159 cm³/mol. The smallest absolute Gasteiger partial charge is 0.306 e. The molecule has 5 rings (SSSR count). The van der Waals surface area contributed by atoms with Crippen molar-refractivity contribution in [1.29, 1.82) is 0 Å². The molecule has 0 unspecified atom stereocenters. The van der Waals surface area contributed by atoms with Crippen molar-refractivity contribution in [3.63, 3.8) is 0 Å². The van der Waals surface area contributed by atoms with Crippen molar-refractivity contribution in [1.82, 2.24) is 5.32 Å². The van der Waals surface area contributed by atoms with Crippen molar-refractivity contribution in [2.45, 2.75) is 86.8 Å². The average molecular weight is 628 g/mol. The zero-order valence-corrected chi connectivity index (χ0v) is 25.4. The molecule has 2 bridgehead atoms. The summed E-state index contributed by atoms with van der Waals surface area (Å²) >= 11 is 0. The summed E-state index contributed by atoms with van der Waals surface area (Å²) < 4.78 is 29.6. The Morgan fingerprint density at radius 1 is 1.17 bits per heavy atom. The van der Waals surface area contributed by atoms with E-state index in [2.05, 4.69) is 5.32 Å². The van der Waals surface area contributed by atoms with Crippen LogP contribution in [0.2, 0.25) is 0 Å². The van der Waals surface area contributed by atoms with Gasteiger partial charge in [0.1, 0.15) is 30.5 Å². The van der Waals surface area contributed by atoms with Gasteiger partial charge in [-0.05, 0) is 43.9 Å². The second kappa shape index (κ2) is 13.9. The normalized spacial score (nSPS) is 30.4. The van der Waals surface area contributed by atoms with Crippen LogP contribution < -0.4 is 14.8 Å². The lowest BCUT2D eigenvalue weighted by molar-refractivity contribution is -0.312. The monoisotopic (exact) mass is 627 g/mol. The van der Waals surface area contributed by atoms with Crippen LogP contribution in [0, 0.1) is 0 Å². The number of esters is 1. The fraction of sp³-hybridized carbons (Fsp3) is 0.690. The number of aliphatic hydroxyl groups is 4. The Kier molecular flexibility index (Phi) is 10.5. The Hall–Kier alpha value is -1.71. The minimum atomic E-state index is -1.65. The molecule has 1 spiro atoms. The molecule has 1 saturated carbocycles.